The Balaban J connectivity index is 2.21. The van der Waals surface area contributed by atoms with E-state index in [1.54, 1.807) is 0 Å². The van der Waals surface area contributed by atoms with Crippen molar-refractivity contribution in [2.75, 3.05) is 7.05 Å². The highest BCUT2D eigenvalue weighted by atomic mass is 127. The fourth-order valence-corrected chi connectivity index (χ4v) is 3.44. The Morgan fingerprint density at radius 2 is 1.81 bits per heavy atom. The van der Waals surface area contributed by atoms with Gasteiger partial charge in [-0.15, -0.1) is 0 Å². The van der Waals surface area contributed by atoms with Crippen molar-refractivity contribution in [3.8, 4) is 0 Å². The molecule has 0 radical (unpaired) electrons. The number of halogens is 1. The minimum Gasteiger partial charge on any atom is -0.309 e. The van der Waals surface area contributed by atoms with Crippen molar-refractivity contribution >= 4 is 33.4 Å². The quantitative estimate of drug-likeness (QED) is 0.671. The second-order valence-electron chi connectivity index (χ2n) is 5.14. The number of aromatic nitrogens is 1. The lowest BCUT2D eigenvalue weighted by molar-refractivity contribution is 0.693. The molecule has 3 heteroatoms. The maximum Gasteiger partial charge on any atom is 0.0590 e. The summed E-state index contributed by atoms with van der Waals surface area (Å²) in [5, 5.41) is 5.90. The van der Waals surface area contributed by atoms with Crippen molar-refractivity contribution in [2.45, 2.75) is 13.0 Å². The van der Waals surface area contributed by atoms with E-state index in [9.17, 15) is 0 Å². The van der Waals surface area contributed by atoms with Crippen LogP contribution in [0.4, 0.5) is 0 Å². The second-order valence-corrected chi connectivity index (χ2v) is 6.22. The van der Waals surface area contributed by atoms with E-state index >= 15 is 0 Å². The van der Waals surface area contributed by atoms with Gasteiger partial charge in [-0.3, -0.25) is 4.98 Å². The first kappa shape index (κ1) is 14.5. The third kappa shape index (κ3) is 2.68. The molecule has 106 valence electrons. The molecule has 2 nitrogen and oxygen atoms in total. The molecule has 0 saturated carbocycles. The van der Waals surface area contributed by atoms with E-state index in [1.165, 1.54) is 31.0 Å². The molecule has 0 aliphatic carbocycles. The molecule has 2 aromatic carbocycles. The number of nitrogens with one attached hydrogen (secondary N) is 1. The first-order valence-corrected chi connectivity index (χ1v) is 8.05. The van der Waals surface area contributed by atoms with Gasteiger partial charge in [0.25, 0.3) is 0 Å². The number of nitrogens with zero attached hydrogens (tertiary/aromatic N) is 1. The van der Waals surface area contributed by atoms with Crippen LogP contribution in [0.2, 0.25) is 0 Å². The van der Waals surface area contributed by atoms with Gasteiger partial charge in [0.15, 0.2) is 0 Å². The normalized spacial score (nSPS) is 12.5. The minimum absolute atomic E-state index is 0.183. The zero-order chi connectivity index (χ0) is 14.8. The topological polar surface area (TPSA) is 24.9 Å². The third-order valence-electron chi connectivity index (χ3n) is 3.85. The van der Waals surface area contributed by atoms with Crippen molar-refractivity contribution in [3.63, 3.8) is 0 Å². The van der Waals surface area contributed by atoms with Crippen molar-refractivity contribution in [1.82, 2.24) is 10.3 Å². The van der Waals surface area contributed by atoms with Gasteiger partial charge in [0.2, 0.25) is 0 Å². The van der Waals surface area contributed by atoms with Crippen LogP contribution in [0.1, 0.15) is 22.7 Å². The summed E-state index contributed by atoms with van der Waals surface area (Å²) in [5.41, 5.74) is 3.93. The van der Waals surface area contributed by atoms with E-state index in [-0.39, 0.29) is 6.04 Å². The lowest BCUT2D eigenvalue weighted by atomic mass is 9.94. The highest BCUT2D eigenvalue weighted by Gasteiger charge is 2.17. The summed E-state index contributed by atoms with van der Waals surface area (Å²) in [6.07, 6.45) is 3.78. The number of aryl methyl sites for hydroxylation is 1. The molecule has 1 atom stereocenters. The van der Waals surface area contributed by atoms with Gasteiger partial charge in [0.1, 0.15) is 0 Å². The Labute approximate surface area is 138 Å². The summed E-state index contributed by atoms with van der Waals surface area (Å²) in [6, 6.07) is 15.2. The van der Waals surface area contributed by atoms with Crippen molar-refractivity contribution < 1.29 is 0 Å². The fraction of sp³-hybridized carbons (Fsp3) is 0.167. The second kappa shape index (κ2) is 6.12. The maximum absolute atomic E-state index is 4.22. The van der Waals surface area contributed by atoms with Crippen LogP contribution in [0.3, 0.4) is 0 Å². The number of hydrogen-bond donors (Lipinski definition) is 1. The summed E-state index contributed by atoms with van der Waals surface area (Å²) in [4.78, 5) is 4.22. The Bertz CT molecular complexity index is 778. The van der Waals surface area contributed by atoms with Gasteiger partial charge in [0, 0.05) is 21.4 Å². The highest BCUT2D eigenvalue weighted by Crippen LogP contribution is 2.31. The van der Waals surface area contributed by atoms with Gasteiger partial charge in [-0.25, -0.2) is 0 Å². The van der Waals surface area contributed by atoms with Crippen LogP contribution in [-0.4, -0.2) is 12.0 Å². The number of fused-ring (bicyclic) bond motifs is 1. The molecule has 3 rings (SSSR count). The number of rotatable bonds is 3. The van der Waals surface area contributed by atoms with E-state index in [4.69, 9.17) is 0 Å². The molecule has 0 aliphatic heterocycles. The molecule has 0 spiro atoms. The molecule has 1 N–H and O–H groups in total. The first-order chi connectivity index (χ1) is 10.2. The van der Waals surface area contributed by atoms with Crippen LogP contribution in [0.15, 0.2) is 54.9 Å². The van der Waals surface area contributed by atoms with E-state index in [1.807, 2.05) is 19.4 Å². The summed E-state index contributed by atoms with van der Waals surface area (Å²) in [5.74, 6) is 0. The average molecular weight is 388 g/mol. The van der Waals surface area contributed by atoms with Crippen molar-refractivity contribution in [3.05, 3.63) is 75.1 Å². The lowest BCUT2D eigenvalue weighted by Gasteiger charge is -2.21. The Morgan fingerprint density at radius 3 is 2.62 bits per heavy atom. The monoisotopic (exact) mass is 388 g/mol. The van der Waals surface area contributed by atoms with Crippen molar-refractivity contribution in [2.24, 2.45) is 0 Å². The Hall–Kier alpha value is -1.46. The zero-order valence-corrected chi connectivity index (χ0v) is 14.3. The van der Waals surface area contributed by atoms with E-state index in [2.05, 4.69) is 82.3 Å². The van der Waals surface area contributed by atoms with Gasteiger partial charge in [-0.2, -0.15) is 0 Å². The van der Waals surface area contributed by atoms with Crippen LogP contribution >= 0.6 is 22.6 Å². The zero-order valence-electron chi connectivity index (χ0n) is 12.1. The molecule has 1 aromatic heterocycles. The molecule has 1 heterocycles. The van der Waals surface area contributed by atoms with E-state index in [0.717, 1.165) is 0 Å². The lowest BCUT2D eigenvalue weighted by Crippen LogP contribution is -2.19. The molecule has 1 unspecified atom stereocenters. The summed E-state index contributed by atoms with van der Waals surface area (Å²) in [6.45, 7) is 2.16. The minimum atomic E-state index is 0.183. The predicted octanol–water partition coefficient (Wildman–Crippen LogP) is 4.46. The molecule has 0 saturated heterocycles. The average Bonchev–Trinajstić information content (AvgIpc) is 2.52. The summed E-state index contributed by atoms with van der Waals surface area (Å²) in [7, 11) is 2.02. The number of benzene rings is 2. The Morgan fingerprint density at radius 1 is 1.05 bits per heavy atom. The van der Waals surface area contributed by atoms with Gasteiger partial charge in [-0.1, -0.05) is 36.4 Å². The van der Waals surface area contributed by atoms with Gasteiger partial charge < -0.3 is 5.32 Å². The van der Waals surface area contributed by atoms with Crippen LogP contribution in [0.25, 0.3) is 10.8 Å². The molecule has 0 aliphatic rings. The number of pyridine rings is 1. The van der Waals surface area contributed by atoms with Gasteiger partial charge >= 0.3 is 0 Å². The molecule has 0 bridgehead atoms. The predicted molar refractivity (Wildman–Crippen MR) is 96.5 cm³/mol. The van der Waals surface area contributed by atoms with E-state index < -0.39 is 0 Å². The molecule has 0 fully saturated rings. The van der Waals surface area contributed by atoms with Crippen LogP contribution < -0.4 is 5.32 Å². The SMILES string of the molecule is CNC(c1cccc(C)c1I)c1cccc2cnccc12. The molecule has 0 amide bonds. The van der Waals surface area contributed by atoms with Crippen LogP contribution in [0, 0.1) is 10.5 Å². The maximum atomic E-state index is 4.22. The summed E-state index contributed by atoms with van der Waals surface area (Å²) < 4.78 is 1.32. The van der Waals surface area contributed by atoms with Crippen molar-refractivity contribution in [1.29, 1.82) is 0 Å². The van der Waals surface area contributed by atoms with E-state index in [0.29, 0.717) is 0 Å². The molecule has 3 aromatic rings. The molecular weight excluding hydrogens is 371 g/mol. The molecule has 21 heavy (non-hydrogen) atoms. The standard InChI is InChI=1S/C18H17IN2/c1-12-5-3-8-16(17(12)19)18(20-2)15-7-4-6-13-11-21-10-9-14(13)15/h3-11,18,20H,1-2H3. The molecular formula is C18H17IN2. The van der Waals surface area contributed by atoms with Gasteiger partial charge in [0.05, 0.1) is 6.04 Å². The summed E-state index contributed by atoms with van der Waals surface area (Å²) >= 11 is 2.44. The van der Waals surface area contributed by atoms with Crippen LogP contribution in [0.5, 0.6) is 0 Å². The first-order valence-electron chi connectivity index (χ1n) is 6.97. The number of hydrogen-bond acceptors (Lipinski definition) is 2. The fourth-order valence-electron chi connectivity index (χ4n) is 2.77. The Kier molecular flexibility index (Phi) is 4.22. The van der Waals surface area contributed by atoms with Crippen LogP contribution in [-0.2, 0) is 0 Å². The largest absolute Gasteiger partial charge is 0.309 e. The highest BCUT2D eigenvalue weighted by molar-refractivity contribution is 14.1. The van der Waals surface area contributed by atoms with Gasteiger partial charge in [-0.05, 0) is 64.7 Å². The smallest absolute Gasteiger partial charge is 0.0590 e. The third-order valence-corrected chi connectivity index (χ3v) is 5.32.